The summed E-state index contributed by atoms with van der Waals surface area (Å²) in [6, 6.07) is 0.765. The number of amidine groups is 1. The molecule has 1 aliphatic rings. The number of methoxy groups -OCH3 is 1. The predicted octanol–water partition coefficient (Wildman–Crippen LogP) is 2.52. The molecule has 2 atom stereocenters. The van der Waals surface area contributed by atoms with E-state index >= 15 is 0 Å². The summed E-state index contributed by atoms with van der Waals surface area (Å²) < 4.78 is 5.11. The molecule has 0 saturated carbocycles. The number of nitrogens with one attached hydrogen (secondary N) is 1. The molecule has 0 aliphatic carbocycles. The van der Waals surface area contributed by atoms with E-state index in [1.165, 1.54) is 6.42 Å². The Morgan fingerprint density at radius 1 is 1.56 bits per heavy atom. The van der Waals surface area contributed by atoms with E-state index in [4.69, 9.17) is 9.73 Å². The highest BCUT2D eigenvalue weighted by Gasteiger charge is 2.27. The zero-order valence-electron chi connectivity index (χ0n) is 11.0. The van der Waals surface area contributed by atoms with E-state index < -0.39 is 0 Å². The van der Waals surface area contributed by atoms with Gasteiger partial charge in [0.05, 0.1) is 12.6 Å². The first-order valence-corrected chi connectivity index (χ1v) is 6.88. The van der Waals surface area contributed by atoms with Crippen molar-refractivity contribution >= 4 is 16.9 Å². The molecule has 1 N–H and O–H groups in total. The summed E-state index contributed by atoms with van der Waals surface area (Å²) in [7, 11) is 1.73. The van der Waals surface area contributed by atoms with E-state index in [2.05, 4.69) is 33.0 Å². The minimum Gasteiger partial charge on any atom is -0.383 e. The summed E-state index contributed by atoms with van der Waals surface area (Å²) in [5.41, 5.74) is 0.262. The number of hydrogen-bond acceptors (Lipinski definition) is 4. The normalized spacial score (nSPS) is 23.8. The van der Waals surface area contributed by atoms with Gasteiger partial charge in [0.25, 0.3) is 0 Å². The fourth-order valence-corrected chi connectivity index (χ4v) is 2.74. The summed E-state index contributed by atoms with van der Waals surface area (Å²) in [4.78, 5) is 4.79. The molecular weight excluding hydrogens is 220 g/mol. The van der Waals surface area contributed by atoms with Crippen LogP contribution in [0.2, 0.25) is 0 Å². The summed E-state index contributed by atoms with van der Waals surface area (Å²) in [5, 5.41) is 4.49. The first kappa shape index (κ1) is 13.8. The Kier molecular flexibility index (Phi) is 5.12. The maximum absolute atomic E-state index is 5.11. The Morgan fingerprint density at radius 2 is 2.25 bits per heavy atom. The fourth-order valence-electron chi connectivity index (χ4n) is 1.72. The van der Waals surface area contributed by atoms with Gasteiger partial charge in [-0.2, -0.15) is 0 Å². The molecule has 0 bridgehead atoms. The minimum atomic E-state index is 0.262. The lowest BCUT2D eigenvalue weighted by molar-refractivity contribution is 0.179. The maximum atomic E-state index is 5.11. The third-order valence-electron chi connectivity index (χ3n) is 2.69. The van der Waals surface area contributed by atoms with Crippen LogP contribution in [0, 0.1) is 5.41 Å². The molecule has 1 aliphatic heterocycles. The third kappa shape index (κ3) is 4.34. The number of aliphatic imine (C=N–C) groups is 1. The topological polar surface area (TPSA) is 33.6 Å². The van der Waals surface area contributed by atoms with E-state index in [1.54, 1.807) is 7.11 Å². The summed E-state index contributed by atoms with van der Waals surface area (Å²) in [6.07, 6.45) is 1.18. The average molecular weight is 244 g/mol. The number of thioether (sulfide) groups is 1. The van der Waals surface area contributed by atoms with Crippen molar-refractivity contribution < 1.29 is 4.74 Å². The standard InChI is InChI=1S/C12H24N2OS/c1-9(8-15-5)13-11-14-10(6-7-16-11)12(2,3)4/h9-10H,6-8H2,1-5H3,(H,13,14). The molecule has 0 saturated heterocycles. The molecule has 0 amide bonds. The van der Waals surface area contributed by atoms with Crippen LogP contribution in [0.4, 0.5) is 0 Å². The lowest BCUT2D eigenvalue weighted by atomic mass is 9.85. The van der Waals surface area contributed by atoms with Gasteiger partial charge in [0.2, 0.25) is 0 Å². The van der Waals surface area contributed by atoms with Crippen LogP contribution in [0.1, 0.15) is 34.1 Å². The highest BCUT2D eigenvalue weighted by Crippen LogP contribution is 2.30. The summed E-state index contributed by atoms with van der Waals surface area (Å²) in [6.45, 7) is 9.61. The molecule has 0 aromatic heterocycles. The van der Waals surface area contributed by atoms with Crippen LogP contribution in [0.25, 0.3) is 0 Å². The van der Waals surface area contributed by atoms with Gasteiger partial charge < -0.3 is 10.1 Å². The molecule has 0 radical (unpaired) electrons. The van der Waals surface area contributed by atoms with Gasteiger partial charge in [0, 0.05) is 18.9 Å². The van der Waals surface area contributed by atoms with Crippen molar-refractivity contribution in [1.82, 2.24) is 5.32 Å². The molecule has 0 spiro atoms. The molecule has 3 nitrogen and oxygen atoms in total. The minimum absolute atomic E-state index is 0.262. The molecule has 1 rings (SSSR count). The molecule has 0 fully saturated rings. The van der Waals surface area contributed by atoms with E-state index in [0.717, 1.165) is 17.5 Å². The molecule has 1 heterocycles. The van der Waals surface area contributed by atoms with E-state index in [1.807, 2.05) is 11.8 Å². The van der Waals surface area contributed by atoms with Crippen molar-refractivity contribution in [2.24, 2.45) is 10.4 Å². The highest BCUT2D eigenvalue weighted by molar-refractivity contribution is 8.13. The Labute approximate surface area is 103 Å². The molecule has 94 valence electrons. The highest BCUT2D eigenvalue weighted by atomic mass is 32.2. The summed E-state index contributed by atoms with van der Waals surface area (Å²) >= 11 is 1.82. The van der Waals surface area contributed by atoms with Gasteiger partial charge in [-0.25, -0.2) is 0 Å². The van der Waals surface area contributed by atoms with Gasteiger partial charge in [-0.05, 0) is 18.8 Å². The zero-order valence-corrected chi connectivity index (χ0v) is 11.9. The van der Waals surface area contributed by atoms with Crippen LogP contribution < -0.4 is 5.32 Å². The second-order valence-corrected chi connectivity index (χ2v) is 6.54. The van der Waals surface area contributed by atoms with Crippen molar-refractivity contribution in [2.75, 3.05) is 19.5 Å². The lowest BCUT2D eigenvalue weighted by Crippen LogP contribution is -2.38. The smallest absolute Gasteiger partial charge is 0.157 e. The second kappa shape index (κ2) is 5.92. The van der Waals surface area contributed by atoms with Gasteiger partial charge in [-0.3, -0.25) is 4.99 Å². The SMILES string of the molecule is COCC(C)NC1=NC(C(C)(C)C)CCS1. The van der Waals surface area contributed by atoms with Crippen LogP contribution in [-0.4, -0.2) is 36.7 Å². The number of rotatable bonds is 3. The molecule has 2 unspecified atom stereocenters. The largest absolute Gasteiger partial charge is 0.383 e. The van der Waals surface area contributed by atoms with E-state index in [-0.39, 0.29) is 5.41 Å². The van der Waals surface area contributed by atoms with Gasteiger partial charge >= 0.3 is 0 Å². The Balaban J connectivity index is 2.56. The number of nitrogens with zero attached hydrogens (tertiary/aromatic N) is 1. The van der Waals surface area contributed by atoms with Gasteiger partial charge in [-0.15, -0.1) is 0 Å². The van der Waals surface area contributed by atoms with Crippen molar-refractivity contribution in [1.29, 1.82) is 0 Å². The van der Waals surface area contributed by atoms with Gasteiger partial charge in [-0.1, -0.05) is 32.5 Å². The Hall–Kier alpha value is -0.220. The maximum Gasteiger partial charge on any atom is 0.157 e. The first-order valence-electron chi connectivity index (χ1n) is 5.89. The number of ether oxygens (including phenoxy) is 1. The average Bonchev–Trinajstić information content (AvgIpc) is 2.17. The first-order chi connectivity index (χ1) is 7.43. The second-order valence-electron chi connectivity index (χ2n) is 5.45. The van der Waals surface area contributed by atoms with Crippen LogP contribution in [0.15, 0.2) is 4.99 Å². The molecule has 0 aromatic rings. The van der Waals surface area contributed by atoms with Crippen molar-refractivity contribution in [3.8, 4) is 0 Å². The van der Waals surface area contributed by atoms with Crippen LogP contribution in [0.5, 0.6) is 0 Å². The molecule has 4 heteroatoms. The van der Waals surface area contributed by atoms with Gasteiger partial charge in [0.1, 0.15) is 0 Å². The monoisotopic (exact) mass is 244 g/mol. The Morgan fingerprint density at radius 3 is 2.81 bits per heavy atom. The number of hydrogen-bond donors (Lipinski definition) is 1. The van der Waals surface area contributed by atoms with Crippen LogP contribution in [-0.2, 0) is 4.74 Å². The van der Waals surface area contributed by atoms with Gasteiger partial charge in [0.15, 0.2) is 5.17 Å². The van der Waals surface area contributed by atoms with Crippen LogP contribution >= 0.6 is 11.8 Å². The quantitative estimate of drug-likeness (QED) is 0.828. The lowest BCUT2D eigenvalue weighted by Gasteiger charge is -2.31. The Bertz CT molecular complexity index is 248. The fraction of sp³-hybridized carbons (Fsp3) is 0.917. The van der Waals surface area contributed by atoms with Crippen molar-refractivity contribution in [3.05, 3.63) is 0 Å². The predicted molar refractivity (Wildman–Crippen MR) is 72.2 cm³/mol. The van der Waals surface area contributed by atoms with Crippen molar-refractivity contribution in [3.63, 3.8) is 0 Å². The summed E-state index contributed by atoms with van der Waals surface area (Å²) in [5.74, 6) is 1.16. The molecule has 16 heavy (non-hydrogen) atoms. The van der Waals surface area contributed by atoms with E-state index in [9.17, 15) is 0 Å². The van der Waals surface area contributed by atoms with Crippen molar-refractivity contribution in [2.45, 2.75) is 46.2 Å². The van der Waals surface area contributed by atoms with E-state index in [0.29, 0.717) is 12.1 Å². The van der Waals surface area contributed by atoms with Crippen LogP contribution in [0.3, 0.4) is 0 Å². The zero-order chi connectivity index (χ0) is 12.2. The molecule has 0 aromatic carbocycles. The molecular formula is C12H24N2OS. The third-order valence-corrected chi connectivity index (χ3v) is 3.63.